The van der Waals surface area contributed by atoms with Gasteiger partial charge in [-0.25, -0.2) is 4.98 Å². The molecule has 1 atom stereocenters. The van der Waals surface area contributed by atoms with Gasteiger partial charge in [-0.05, 0) is 37.5 Å². The number of nitrogens with zero attached hydrogens (tertiary/aromatic N) is 2. The average molecular weight is 487 g/mol. The number of para-hydroxylation sites is 1. The van der Waals surface area contributed by atoms with Crippen molar-refractivity contribution >= 4 is 39.3 Å². The number of unbranched alkanes of at least 4 members (excludes halogenated alkanes) is 2. The zero-order valence-electron chi connectivity index (χ0n) is 19.4. The quantitative estimate of drug-likeness (QED) is 0.172. The van der Waals surface area contributed by atoms with Crippen molar-refractivity contribution in [2.24, 2.45) is 0 Å². The minimum absolute atomic E-state index is 0.0946. The first-order chi connectivity index (χ1) is 16.0. The van der Waals surface area contributed by atoms with Crippen LogP contribution in [0.4, 0.5) is 0 Å². The summed E-state index contributed by atoms with van der Waals surface area (Å²) in [6, 6.07) is 9.48. The van der Waals surface area contributed by atoms with Gasteiger partial charge in [0.1, 0.15) is 4.83 Å². The molecular weight excluding hydrogens is 456 g/mol. The fourth-order valence-corrected chi connectivity index (χ4v) is 5.89. The maximum absolute atomic E-state index is 13.8. The van der Waals surface area contributed by atoms with E-state index < -0.39 is 0 Å². The second-order valence-electron chi connectivity index (χ2n) is 8.54. The average Bonchev–Trinajstić information content (AvgIpc) is 3.18. The van der Waals surface area contributed by atoms with E-state index in [0.717, 1.165) is 41.8 Å². The lowest BCUT2D eigenvalue weighted by atomic mass is 9.90. The van der Waals surface area contributed by atoms with E-state index in [1.807, 2.05) is 30.3 Å². The molecular formula is C25H30N2O4S2. The van der Waals surface area contributed by atoms with Gasteiger partial charge in [0.05, 0.1) is 35.6 Å². The van der Waals surface area contributed by atoms with E-state index in [4.69, 9.17) is 14.5 Å². The molecule has 176 valence electrons. The van der Waals surface area contributed by atoms with Crippen molar-refractivity contribution in [3.63, 3.8) is 0 Å². The summed E-state index contributed by atoms with van der Waals surface area (Å²) < 4.78 is 13.1. The van der Waals surface area contributed by atoms with E-state index in [-0.39, 0.29) is 22.9 Å². The van der Waals surface area contributed by atoms with Gasteiger partial charge in [0.2, 0.25) is 0 Å². The third-order valence-electron chi connectivity index (χ3n) is 6.07. The molecule has 3 aromatic rings. The lowest BCUT2D eigenvalue weighted by Gasteiger charge is -2.32. The molecule has 0 saturated carbocycles. The van der Waals surface area contributed by atoms with Gasteiger partial charge in [-0.3, -0.25) is 14.2 Å². The zero-order valence-corrected chi connectivity index (χ0v) is 21.0. The summed E-state index contributed by atoms with van der Waals surface area (Å²) in [5.74, 6) is -0.179. The predicted octanol–water partition coefficient (Wildman–Crippen LogP) is 5.51. The zero-order chi connectivity index (χ0) is 23.4. The first-order valence-corrected chi connectivity index (χ1v) is 13.3. The topological polar surface area (TPSA) is 70.4 Å². The molecule has 4 rings (SSSR count). The van der Waals surface area contributed by atoms with Crippen LogP contribution in [0.2, 0.25) is 0 Å². The summed E-state index contributed by atoms with van der Waals surface area (Å²) in [5, 5.41) is 1.18. The molecule has 0 saturated heterocycles. The summed E-state index contributed by atoms with van der Waals surface area (Å²) >= 11 is 2.76. The third-order valence-corrected chi connectivity index (χ3v) is 8.08. The Balaban J connectivity index is 1.71. The number of hydrogen-bond acceptors (Lipinski definition) is 7. The molecule has 1 aliphatic heterocycles. The molecule has 0 bridgehead atoms. The number of esters is 1. The Morgan fingerprint density at radius 1 is 1.27 bits per heavy atom. The van der Waals surface area contributed by atoms with Crippen LogP contribution in [0.3, 0.4) is 0 Å². The number of thioether (sulfide) groups is 1. The van der Waals surface area contributed by atoms with Crippen molar-refractivity contribution in [3.8, 4) is 5.69 Å². The number of ether oxygens (including phenoxy) is 2. The van der Waals surface area contributed by atoms with Crippen LogP contribution >= 0.6 is 23.1 Å². The normalized spacial score (nSPS) is 17.8. The molecule has 2 aromatic heterocycles. The lowest BCUT2D eigenvalue weighted by molar-refractivity contribution is -0.140. The van der Waals surface area contributed by atoms with Gasteiger partial charge < -0.3 is 9.47 Å². The molecule has 1 aliphatic rings. The second-order valence-corrected chi connectivity index (χ2v) is 10.6. The Morgan fingerprint density at radius 3 is 2.79 bits per heavy atom. The smallest absolute Gasteiger partial charge is 0.316 e. The van der Waals surface area contributed by atoms with Gasteiger partial charge in [-0.15, -0.1) is 11.3 Å². The van der Waals surface area contributed by atoms with Crippen LogP contribution in [0, 0.1) is 0 Å². The molecule has 33 heavy (non-hydrogen) atoms. The first kappa shape index (κ1) is 24.0. The highest BCUT2D eigenvalue weighted by molar-refractivity contribution is 7.99. The van der Waals surface area contributed by atoms with Gasteiger partial charge in [0.15, 0.2) is 5.16 Å². The standard InChI is InChI=1S/C25H30N2O4S2/c1-4-6-10-13-30-20(28)16-32-24-26-22-21(23(29)27(24)17-11-8-7-9-12-17)18-14-25(3,5-2)31-15-19(18)33-22/h7-9,11-12H,4-6,10,13-16H2,1-3H3/t25-/m1/s1. The molecule has 0 radical (unpaired) electrons. The minimum Gasteiger partial charge on any atom is -0.465 e. The fraction of sp³-hybridized carbons (Fsp3) is 0.480. The molecule has 8 heteroatoms. The summed E-state index contributed by atoms with van der Waals surface area (Å²) in [5.41, 5.74) is 1.42. The van der Waals surface area contributed by atoms with Crippen LogP contribution < -0.4 is 5.56 Å². The highest BCUT2D eigenvalue weighted by Crippen LogP contribution is 2.39. The van der Waals surface area contributed by atoms with Crippen molar-refractivity contribution in [1.82, 2.24) is 9.55 Å². The summed E-state index contributed by atoms with van der Waals surface area (Å²) in [4.78, 5) is 32.7. The van der Waals surface area contributed by atoms with Crippen molar-refractivity contribution < 1.29 is 14.3 Å². The SMILES string of the molecule is CCCCCOC(=O)CSc1nc2sc3c(c2c(=O)n1-c1ccccc1)C[C@@](C)(CC)OC3. The highest BCUT2D eigenvalue weighted by Gasteiger charge is 2.33. The number of carbonyl (C=O) groups excluding carboxylic acids is 1. The van der Waals surface area contributed by atoms with Crippen molar-refractivity contribution in [1.29, 1.82) is 0 Å². The monoisotopic (exact) mass is 486 g/mol. The Labute approximate surface area is 202 Å². The largest absolute Gasteiger partial charge is 0.465 e. The number of carbonyl (C=O) groups is 1. The van der Waals surface area contributed by atoms with Gasteiger partial charge in [0.25, 0.3) is 5.56 Å². The van der Waals surface area contributed by atoms with Gasteiger partial charge in [-0.1, -0.05) is 56.7 Å². The Bertz CT molecular complexity index is 1190. The van der Waals surface area contributed by atoms with E-state index in [0.29, 0.717) is 35.0 Å². The molecule has 0 spiro atoms. The molecule has 3 heterocycles. The molecule has 0 aliphatic carbocycles. The molecule has 0 fully saturated rings. The fourth-order valence-electron chi connectivity index (χ4n) is 3.93. The van der Waals surface area contributed by atoms with Crippen LogP contribution in [0.15, 0.2) is 40.3 Å². The Hall–Kier alpha value is -2.16. The molecule has 0 unspecified atom stereocenters. The summed E-state index contributed by atoms with van der Waals surface area (Å²) in [6.45, 7) is 7.24. The molecule has 0 N–H and O–H groups in total. The Morgan fingerprint density at radius 2 is 2.06 bits per heavy atom. The number of benzene rings is 1. The van der Waals surface area contributed by atoms with E-state index in [9.17, 15) is 9.59 Å². The van der Waals surface area contributed by atoms with Crippen LogP contribution in [0.5, 0.6) is 0 Å². The number of fused-ring (bicyclic) bond motifs is 3. The predicted molar refractivity (Wildman–Crippen MR) is 134 cm³/mol. The maximum atomic E-state index is 13.8. The number of rotatable bonds is 9. The third kappa shape index (κ3) is 5.18. The van der Waals surface area contributed by atoms with E-state index in [2.05, 4.69) is 20.8 Å². The van der Waals surface area contributed by atoms with Crippen LogP contribution in [-0.4, -0.2) is 33.5 Å². The molecule has 0 amide bonds. The minimum atomic E-state index is -0.289. The van der Waals surface area contributed by atoms with Gasteiger partial charge in [0, 0.05) is 11.3 Å². The van der Waals surface area contributed by atoms with Gasteiger partial charge >= 0.3 is 5.97 Å². The van der Waals surface area contributed by atoms with E-state index in [1.54, 1.807) is 4.57 Å². The van der Waals surface area contributed by atoms with Crippen LogP contribution in [0.1, 0.15) is 56.9 Å². The summed E-state index contributed by atoms with van der Waals surface area (Å²) in [7, 11) is 0. The number of thiophene rings is 1. The second kappa shape index (κ2) is 10.4. The number of hydrogen-bond donors (Lipinski definition) is 0. The number of aromatic nitrogens is 2. The van der Waals surface area contributed by atoms with Crippen LogP contribution in [-0.2, 0) is 27.3 Å². The van der Waals surface area contributed by atoms with Crippen molar-refractivity contribution in [3.05, 3.63) is 51.1 Å². The lowest BCUT2D eigenvalue weighted by Crippen LogP contribution is -2.34. The Kier molecular flexibility index (Phi) is 7.56. The highest BCUT2D eigenvalue weighted by atomic mass is 32.2. The van der Waals surface area contributed by atoms with E-state index in [1.165, 1.54) is 23.1 Å². The maximum Gasteiger partial charge on any atom is 0.316 e. The molecule has 1 aromatic carbocycles. The molecule has 6 nitrogen and oxygen atoms in total. The van der Waals surface area contributed by atoms with Crippen molar-refractivity contribution in [2.75, 3.05) is 12.4 Å². The van der Waals surface area contributed by atoms with E-state index >= 15 is 0 Å². The van der Waals surface area contributed by atoms with Crippen molar-refractivity contribution in [2.45, 2.75) is 70.2 Å². The first-order valence-electron chi connectivity index (χ1n) is 11.5. The summed E-state index contributed by atoms with van der Waals surface area (Å²) in [6.07, 6.45) is 4.55. The van der Waals surface area contributed by atoms with Gasteiger partial charge in [-0.2, -0.15) is 0 Å². The van der Waals surface area contributed by atoms with Crippen LogP contribution in [0.25, 0.3) is 15.9 Å².